The lowest BCUT2D eigenvalue weighted by atomic mass is 9.88. The molecule has 0 radical (unpaired) electrons. The van der Waals surface area contributed by atoms with Crippen molar-refractivity contribution in [2.75, 3.05) is 19.6 Å². The van der Waals surface area contributed by atoms with Crippen LogP contribution in [0.4, 0.5) is 4.39 Å². The minimum atomic E-state index is -1.06. The molecule has 1 unspecified atom stereocenters. The zero-order valence-electron chi connectivity index (χ0n) is 22.4. The Balaban J connectivity index is 1.55. The molecule has 0 aliphatic carbocycles. The lowest BCUT2D eigenvalue weighted by Crippen LogP contribution is -2.57. The molecule has 8 nitrogen and oxygen atoms in total. The highest BCUT2D eigenvalue weighted by Crippen LogP contribution is 2.27. The Hall–Kier alpha value is -3.33. The molecule has 1 saturated heterocycles. The van der Waals surface area contributed by atoms with Crippen molar-refractivity contribution >= 4 is 17.5 Å². The van der Waals surface area contributed by atoms with Gasteiger partial charge < -0.3 is 14.9 Å². The van der Waals surface area contributed by atoms with Crippen LogP contribution in [0.25, 0.3) is 16.9 Å². The number of piperazine rings is 1. The van der Waals surface area contributed by atoms with Crippen LogP contribution in [0, 0.1) is 11.2 Å². The van der Waals surface area contributed by atoms with Crippen LogP contribution in [0.5, 0.6) is 0 Å². The third-order valence-electron chi connectivity index (χ3n) is 6.72. The Kier molecular flexibility index (Phi) is 7.37. The van der Waals surface area contributed by atoms with Crippen LogP contribution in [0.1, 0.15) is 69.9 Å². The van der Waals surface area contributed by atoms with E-state index in [-0.39, 0.29) is 40.7 Å². The molecule has 0 bridgehead atoms. The van der Waals surface area contributed by atoms with Gasteiger partial charge in [0.1, 0.15) is 17.6 Å². The highest BCUT2D eigenvalue weighted by molar-refractivity contribution is 5.93. The summed E-state index contributed by atoms with van der Waals surface area (Å²) in [5.41, 5.74) is 3.10. The van der Waals surface area contributed by atoms with E-state index in [1.807, 2.05) is 47.6 Å². The van der Waals surface area contributed by atoms with Crippen LogP contribution in [0.15, 0.2) is 36.5 Å². The molecule has 3 heterocycles. The number of hydrogen-bond donors (Lipinski definition) is 1. The molecule has 37 heavy (non-hydrogen) atoms. The SMILES string of the molecule is CC(C)c1cc(-c2ccc(F)cc2)nn2cc(C(=O)N3CCN(C(=O)C(O)CC(C)(C)C)[C@@H](C)C3)nc12. The summed E-state index contributed by atoms with van der Waals surface area (Å²) in [7, 11) is 0. The van der Waals surface area contributed by atoms with Gasteiger partial charge in [0, 0.05) is 36.8 Å². The van der Waals surface area contributed by atoms with Crippen molar-refractivity contribution in [3.05, 3.63) is 53.6 Å². The van der Waals surface area contributed by atoms with Crippen molar-refractivity contribution in [3.63, 3.8) is 0 Å². The van der Waals surface area contributed by atoms with Crippen molar-refractivity contribution in [2.45, 2.75) is 66.0 Å². The van der Waals surface area contributed by atoms with Gasteiger partial charge in [0.25, 0.3) is 11.8 Å². The van der Waals surface area contributed by atoms with Gasteiger partial charge in [0.15, 0.2) is 5.65 Å². The average molecular weight is 510 g/mol. The monoisotopic (exact) mass is 509 g/mol. The summed E-state index contributed by atoms with van der Waals surface area (Å²) >= 11 is 0. The molecule has 1 aromatic carbocycles. The van der Waals surface area contributed by atoms with Crippen molar-refractivity contribution in [3.8, 4) is 11.3 Å². The number of amides is 2. The van der Waals surface area contributed by atoms with Gasteiger partial charge in [-0.1, -0.05) is 34.6 Å². The number of aliphatic hydroxyl groups is 1. The molecule has 4 rings (SSSR count). The van der Waals surface area contributed by atoms with Crippen LogP contribution >= 0.6 is 0 Å². The number of benzene rings is 1. The van der Waals surface area contributed by atoms with Gasteiger partial charge in [-0.05, 0) is 55.0 Å². The van der Waals surface area contributed by atoms with E-state index in [9.17, 15) is 19.1 Å². The van der Waals surface area contributed by atoms with Gasteiger partial charge in [-0.2, -0.15) is 5.10 Å². The summed E-state index contributed by atoms with van der Waals surface area (Å²) in [5, 5.41) is 15.1. The maximum atomic E-state index is 13.4. The molecule has 2 amide bonds. The number of halogens is 1. The number of aromatic nitrogens is 3. The molecule has 9 heteroatoms. The average Bonchev–Trinajstić information content (AvgIpc) is 3.26. The molecule has 1 N–H and O–H groups in total. The molecule has 3 aromatic rings. The molecule has 0 spiro atoms. The summed E-state index contributed by atoms with van der Waals surface area (Å²) in [6.45, 7) is 13.0. The van der Waals surface area contributed by atoms with Gasteiger partial charge in [-0.15, -0.1) is 0 Å². The van der Waals surface area contributed by atoms with E-state index in [0.29, 0.717) is 37.4 Å². The number of fused-ring (bicyclic) bond motifs is 1. The van der Waals surface area contributed by atoms with Crippen molar-refractivity contribution in [2.24, 2.45) is 5.41 Å². The molecule has 1 fully saturated rings. The molecule has 198 valence electrons. The Bertz CT molecular complexity index is 1300. The highest BCUT2D eigenvalue weighted by atomic mass is 19.1. The highest BCUT2D eigenvalue weighted by Gasteiger charge is 2.35. The lowest BCUT2D eigenvalue weighted by Gasteiger charge is -2.40. The first-order valence-electron chi connectivity index (χ1n) is 12.8. The van der Waals surface area contributed by atoms with E-state index in [1.54, 1.807) is 32.6 Å². The number of nitrogens with zero attached hydrogens (tertiary/aromatic N) is 5. The molecular weight excluding hydrogens is 473 g/mol. The number of imidazole rings is 1. The first-order chi connectivity index (χ1) is 17.3. The van der Waals surface area contributed by atoms with Crippen LogP contribution < -0.4 is 0 Å². The Morgan fingerprint density at radius 2 is 1.84 bits per heavy atom. The Morgan fingerprint density at radius 3 is 2.43 bits per heavy atom. The Morgan fingerprint density at radius 1 is 1.16 bits per heavy atom. The van der Waals surface area contributed by atoms with Crippen LogP contribution in [-0.2, 0) is 4.79 Å². The fraction of sp³-hybridized carbons (Fsp3) is 0.500. The topological polar surface area (TPSA) is 91.0 Å². The maximum absolute atomic E-state index is 13.4. The predicted molar refractivity (Wildman–Crippen MR) is 140 cm³/mol. The molecule has 1 aliphatic heterocycles. The second-order valence-electron chi connectivity index (χ2n) is 11.5. The smallest absolute Gasteiger partial charge is 0.274 e. The van der Waals surface area contributed by atoms with E-state index < -0.39 is 6.10 Å². The predicted octanol–water partition coefficient (Wildman–Crippen LogP) is 4.13. The van der Waals surface area contributed by atoms with Gasteiger partial charge in [0.05, 0.1) is 11.9 Å². The number of aliphatic hydroxyl groups excluding tert-OH is 1. The van der Waals surface area contributed by atoms with E-state index in [1.165, 1.54) is 12.1 Å². The third-order valence-corrected chi connectivity index (χ3v) is 6.72. The summed E-state index contributed by atoms with van der Waals surface area (Å²) < 4.78 is 15.0. The summed E-state index contributed by atoms with van der Waals surface area (Å²) in [4.78, 5) is 34.3. The normalized spacial score (nSPS) is 17.5. The molecule has 2 atom stereocenters. The molecule has 2 aromatic heterocycles. The molecule has 1 aliphatic rings. The minimum absolute atomic E-state index is 0.129. The van der Waals surface area contributed by atoms with Gasteiger partial charge in [-0.3, -0.25) is 9.59 Å². The largest absolute Gasteiger partial charge is 0.383 e. The van der Waals surface area contributed by atoms with Gasteiger partial charge >= 0.3 is 0 Å². The number of rotatable bonds is 5. The summed E-state index contributed by atoms with van der Waals surface area (Å²) in [6.07, 6.45) is 0.953. The summed E-state index contributed by atoms with van der Waals surface area (Å²) in [6, 6.07) is 7.85. The van der Waals surface area contributed by atoms with E-state index in [4.69, 9.17) is 0 Å². The zero-order valence-corrected chi connectivity index (χ0v) is 22.4. The second-order valence-corrected chi connectivity index (χ2v) is 11.5. The Labute approximate surface area is 217 Å². The molecular formula is C28H36FN5O3. The van der Waals surface area contributed by atoms with Crippen LogP contribution in [0.2, 0.25) is 0 Å². The van der Waals surface area contributed by atoms with Crippen molar-refractivity contribution < 1.29 is 19.1 Å². The standard InChI is InChI=1S/C28H36FN5O3/c1-17(2)21-13-22(19-7-9-20(29)10-8-19)31-34-16-23(30-25(21)34)26(36)32-11-12-33(18(3)15-32)27(37)24(35)14-28(4,5)6/h7-10,13,16-18,24,35H,11-12,14-15H2,1-6H3/t18-,24?/m0/s1. The fourth-order valence-electron chi connectivity index (χ4n) is 4.78. The number of hydrogen-bond acceptors (Lipinski definition) is 5. The fourth-order valence-corrected chi connectivity index (χ4v) is 4.78. The zero-order chi connectivity index (χ0) is 27.1. The number of carbonyl (C=O) groups excluding carboxylic acids is 2. The van der Waals surface area contributed by atoms with Crippen LogP contribution in [0.3, 0.4) is 0 Å². The van der Waals surface area contributed by atoms with E-state index in [2.05, 4.69) is 10.1 Å². The maximum Gasteiger partial charge on any atom is 0.274 e. The summed E-state index contributed by atoms with van der Waals surface area (Å²) in [5.74, 6) is -0.701. The third kappa shape index (κ3) is 5.82. The first kappa shape index (κ1) is 26.7. The first-order valence-corrected chi connectivity index (χ1v) is 12.8. The van der Waals surface area contributed by atoms with Gasteiger partial charge in [-0.25, -0.2) is 13.9 Å². The quantitative estimate of drug-likeness (QED) is 0.559. The van der Waals surface area contributed by atoms with Gasteiger partial charge in [0.2, 0.25) is 0 Å². The molecule has 0 saturated carbocycles. The lowest BCUT2D eigenvalue weighted by molar-refractivity contribution is -0.145. The second kappa shape index (κ2) is 10.2. The van der Waals surface area contributed by atoms with E-state index >= 15 is 0 Å². The van der Waals surface area contributed by atoms with E-state index in [0.717, 1.165) is 11.1 Å². The van der Waals surface area contributed by atoms with Crippen LogP contribution in [-0.4, -0.2) is 73.1 Å². The minimum Gasteiger partial charge on any atom is -0.383 e. The van der Waals surface area contributed by atoms with Crippen molar-refractivity contribution in [1.82, 2.24) is 24.4 Å². The van der Waals surface area contributed by atoms with Crippen molar-refractivity contribution in [1.29, 1.82) is 0 Å². The number of carbonyl (C=O) groups is 2.